The van der Waals surface area contributed by atoms with E-state index in [2.05, 4.69) is 41.9 Å². The van der Waals surface area contributed by atoms with Crippen molar-refractivity contribution in [2.45, 2.75) is 37.9 Å². The first kappa shape index (κ1) is 11.8. The summed E-state index contributed by atoms with van der Waals surface area (Å²) in [5, 5.41) is 0. The summed E-state index contributed by atoms with van der Waals surface area (Å²) in [6, 6.07) is 6.18. The summed E-state index contributed by atoms with van der Waals surface area (Å²) >= 11 is 3.48. The lowest BCUT2D eigenvalue weighted by molar-refractivity contribution is 0.0978. The molecule has 0 amide bonds. The third-order valence-corrected chi connectivity index (χ3v) is 4.69. The number of ketones is 1. The van der Waals surface area contributed by atoms with E-state index in [1.807, 2.05) is 6.07 Å². The van der Waals surface area contributed by atoms with Gasteiger partial charge in [-0.05, 0) is 42.4 Å². The van der Waals surface area contributed by atoms with Gasteiger partial charge in [0.2, 0.25) is 0 Å². The summed E-state index contributed by atoms with van der Waals surface area (Å²) in [6.07, 6.45) is 3.53. The van der Waals surface area contributed by atoms with E-state index < -0.39 is 0 Å². The summed E-state index contributed by atoms with van der Waals surface area (Å²) in [5.41, 5.74) is 3.65. The number of halogens is 1. The van der Waals surface area contributed by atoms with Crippen LogP contribution in [-0.4, -0.2) is 10.6 Å². The molecule has 0 saturated carbocycles. The van der Waals surface area contributed by atoms with Crippen molar-refractivity contribution in [3.8, 4) is 0 Å². The fraction of sp³-hybridized carbons (Fsp3) is 0.500. The van der Waals surface area contributed by atoms with Crippen LogP contribution in [0.1, 0.15) is 41.8 Å². The Hall–Kier alpha value is -0.630. The number of alkyl halides is 1. The SMILES string of the molecule is CC(C)C(Br)C(=O)c1ccc2c(c1)CCC2. The first-order valence-electron chi connectivity index (χ1n) is 5.89. The zero-order valence-corrected chi connectivity index (χ0v) is 11.4. The van der Waals surface area contributed by atoms with Crippen molar-refractivity contribution < 1.29 is 4.79 Å². The maximum Gasteiger partial charge on any atom is 0.176 e. The van der Waals surface area contributed by atoms with Crippen LogP contribution in [0, 0.1) is 5.92 Å². The number of aryl methyl sites for hydroxylation is 2. The minimum atomic E-state index is -0.0630. The first-order chi connectivity index (χ1) is 7.59. The first-order valence-corrected chi connectivity index (χ1v) is 6.81. The highest BCUT2D eigenvalue weighted by Crippen LogP contribution is 2.25. The molecule has 2 heteroatoms. The van der Waals surface area contributed by atoms with E-state index in [4.69, 9.17) is 0 Å². The molecule has 1 nitrogen and oxygen atoms in total. The molecule has 1 aromatic rings. The lowest BCUT2D eigenvalue weighted by atomic mass is 9.98. The third-order valence-electron chi connectivity index (χ3n) is 3.22. The lowest BCUT2D eigenvalue weighted by Gasteiger charge is -2.13. The topological polar surface area (TPSA) is 17.1 Å². The number of carbonyl (C=O) groups excluding carboxylic acids is 1. The van der Waals surface area contributed by atoms with E-state index in [0.29, 0.717) is 5.92 Å². The number of fused-ring (bicyclic) bond motifs is 1. The van der Waals surface area contributed by atoms with Crippen LogP contribution >= 0.6 is 15.9 Å². The molecule has 16 heavy (non-hydrogen) atoms. The van der Waals surface area contributed by atoms with Crippen LogP contribution in [-0.2, 0) is 12.8 Å². The van der Waals surface area contributed by atoms with Crippen molar-refractivity contribution in [3.05, 3.63) is 34.9 Å². The van der Waals surface area contributed by atoms with Crippen molar-refractivity contribution in [1.29, 1.82) is 0 Å². The van der Waals surface area contributed by atoms with Gasteiger partial charge in [-0.25, -0.2) is 0 Å². The molecule has 1 aliphatic rings. The van der Waals surface area contributed by atoms with Crippen LogP contribution in [0.4, 0.5) is 0 Å². The molecule has 0 saturated heterocycles. The van der Waals surface area contributed by atoms with Gasteiger partial charge < -0.3 is 0 Å². The molecule has 86 valence electrons. The molecule has 0 heterocycles. The van der Waals surface area contributed by atoms with Crippen molar-refractivity contribution in [1.82, 2.24) is 0 Å². The molecule has 2 rings (SSSR count). The molecule has 1 atom stereocenters. The van der Waals surface area contributed by atoms with E-state index in [9.17, 15) is 4.79 Å². The summed E-state index contributed by atoms with van der Waals surface area (Å²) in [6.45, 7) is 4.12. The average Bonchev–Trinajstić information content (AvgIpc) is 2.73. The molecule has 0 N–H and O–H groups in total. The second-order valence-corrected chi connectivity index (χ2v) is 5.83. The number of carbonyl (C=O) groups is 1. The number of hydrogen-bond donors (Lipinski definition) is 0. The Labute approximate surface area is 105 Å². The van der Waals surface area contributed by atoms with Crippen LogP contribution < -0.4 is 0 Å². The van der Waals surface area contributed by atoms with Gasteiger partial charge in [-0.1, -0.05) is 41.9 Å². The standard InChI is InChI=1S/C14H17BrO/c1-9(2)13(15)14(16)12-7-6-10-4-3-5-11(10)8-12/h6-9,13H,3-5H2,1-2H3. The van der Waals surface area contributed by atoms with E-state index in [1.165, 1.54) is 24.0 Å². The number of benzene rings is 1. The fourth-order valence-corrected chi connectivity index (χ4v) is 2.45. The molecule has 0 fully saturated rings. The largest absolute Gasteiger partial charge is 0.293 e. The van der Waals surface area contributed by atoms with Gasteiger partial charge in [0.15, 0.2) is 5.78 Å². The third kappa shape index (κ3) is 2.22. The van der Waals surface area contributed by atoms with Crippen LogP contribution in [0.5, 0.6) is 0 Å². The zero-order valence-electron chi connectivity index (χ0n) is 9.79. The van der Waals surface area contributed by atoms with Crippen molar-refractivity contribution >= 4 is 21.7 Å². The molecule has 0 bridgehead atoms. The second-order valence-electron chi connectivity index (χ2n) is 4.85. The van der Waals surface area contributed by atoms with Crippen molar-refractivity contribution in [3.63, 3.8) is 0 Å². The minimum absolute atomic E-state index is 0.0630. The Morgan fingerprint density at radius 2 is 1.94 bits per heavy atom. The summed E-state index contributed by atoms with van der Waals surface area (Å²) < 4.78 is 0. The highest BCUT2D eigenvalue weighted by atomic mass is 79.9. The maximum absolute atomic E-state index is 12.1. The fourth-order valence-electron chi connectivity index (χ4n) is 2.19. The predicted octanol–water partition coefficient (Wildman–Crippen LogP) is 3.78. The van der Waals surface area contributed by atoms with Crippen LogP contribution in [0.25, 0.3) is 0 Å². The molecule has 0 spiro atoms. The Bertz CT molecular complexity index is 409. The lowest BCUT2D eigenvalue weighted by Crippen LogP contribution is -2.20. The van der Waals surface area contributed by atoms with Crippen molar-refractivity contribution in [2.24, 2.45) is 5.92 Å². The molecule has 1 aromatic carbocycles. The van der Waals surface area contributed by atoms with Crippen LogP contribution in [0.3, 0.4) is 0 Å². The minimum Gasteiger partial charge on any atom is -0.293 e. The summed E-state index contributed by atoms with van der Waals surface area (Å²) in [5.74, 6) is 0.547. The van der Waals surface area contributed by atoms with Gasteiger partial charge in [-0.3, -0.25) is 4.79 Å². The summed E-state index contributed by atoms with van der Waals surface area (Å²) in [7, 11) is 0. The van der Waals surface area contributed by atoms with E-state index in [0.717, 1.165) is 12.0 Å². The molecular weight excluding hydrogens is 264 g/mol. The Balaban J connectivity index is 2.25. The quantitative estimate of drug-likeness (QED) is 0.608. The molecule has 0 radical (unpaired) electrons. The van der Waals surface area contributed by atoms with E-state index >= 15 is 0 Å². The maximum atomic E-state index is 12.1. The Morgan fingerprint density at radius 3 is 2.62 bits per heavy atom. The van der Waals surface area contributed by atoms with Gasteiger partial charge in [-0.15, -0.1) is 0 Å². The average molecular weight is 281 g/mol. The number of rotatable bonds is 3. The van der Waals surface area contributed by atoms with Gasteiger partial charge in [-0.2, -0.15) is 0 Å². The predicted molar refractivity (Wildman–Crippen MR) is 70.4 cm³/mol. The van der Waals surface area contributed by atoms with Gasteiger partial charge in [0.25, 0.3) is 0 Å². The Kier molecular flexibility index (Phi) is 3.48. The molecule has 0 aromatic heterocycles. The highest BCUT2D eigenvalue weighted by Gasteiger charge is 2.21. The smallest absolute Gasteiger partial charge is 0.176 e. The van der Waals surface area contributed by atoms with E-state index in [1.54, 1.807) is 0 Å². The van der Waals surface area contributed by atoms with Gasteiger partial charge in [0.05, 0.1) is 4.83 Å². The van der Waals surface area contributed by atoms with Gasteiger partial charge in [0, 0.05) is 5.56 Å². The highest BCUT2D eigenvalue weighted by molar-refractivity contribution is 9.10. The van der Waals surface area contributed by atoms with Crippen LogP contribution in [0.15, 0.2) is 18.2 Å². The number of Topliss-reactive ketones (excluding diaryl/α,β-unsaturated/α-hetero) is 1. The summed E-state index contributed by atoms with van der Waals surface area (Å²) in [4.78, 5) is 12.1. The molecular formula is C14H17BrO. The number of hydrogen-bond acceptors (Lipinski definition) is 1. The molecule has 1 unspecified atom stereocenters. The van der Waals surface area contributed by atoms with Gasteiger partial charge in [0.1, 0.15) is 0 Å². The zero-order chi connectivity index (χ0) is 11.7. The Morgan fingerprint density at radius 1 is 1.25 bits per heavy atom. The van der Waals surface area contributed by atoms with Gasteiger partial charge >= 0.3 is 0 Å². The van der Waals surface area contributed by atoms with Crippen LogP contribution in [0.2, 0.25) is 0 Å². The molecule has 0 aliphatic heterocycles. The molecule has 1 aliphatic carbocycles. The normalized spacial score (nSPS) is 16.2. The second kappa shape index (κ2) is 4.70. The van der Waals surface area contributed by atoms with E-state index in [-0.39, 0.29) is 10.6 Å². The monoisotopic (exact) mass is 280 g/mol. The van der Waals surface area contributed by atoms with Crippen molar-refractivity contribution in [2.75, 3.05) is 0 Å².